The second kappa shape index (κ2) is 9.49. The van der Waals surface area contributed by atoms with E-state index in [1.54, 1.807) is 0 Å². The maximum absolute atomic E-state index is 8.94. The number of ether oxygens (including phenoxy) is 1. The van der Waals surface area contributed by atoms with Gasteiger partial charge in [0.15, 0.2) is 0 Å². The van der Waals surface area contributed by atoms with E-state index in [-0.39, 0.29) is 18.9 Å². The van der Waals surface area contributed by atoms with Crippen LogP contribution < -0.4 is 0 Å². The highest BCUT2D eigenvalue weighted by Crippen LogP contribution is 2.30. The quantitative estimate of drug-likeness (QED) is 0.805. The Hall–Kier alpha value is -1.43. The van der Waals surface area contributed by atoms with Gasteiger partial charge in [0, 0.05) is 31.2 Å². The lowest BCUT2D eigenvalue weighted by atomic mass is 9.96. The Morgan fingerprint density at radius 1 is 0.923 bits per heavy atom. The van der Waals surface area contributed by atoms with Crippen molar-refractivity contribution in [3.8, 4) is 0 Å². The molecule has 2 unspecified atom stereocenters. The summed E-state index contributed by atoms with van der Waals surface area (Å²) in [5, 5.41) is 9.70. The molecular formula is C21H27ClN2O2. The predicted octanol–water partition coefficient (Wildman–Crippen LogP) is 3.40. The Morgan fingerprint density at radius 3 is 2.12 bits per heavy atom. The molecule has 0 aromatic heterocycles. The van der Waals surface area contributed by atoms with Crippen LogP contribution in [0.1, 0.15) is 24.1 Å². The molecule has 1 heterocycles. The molecule has 2 atom stereocenters. The molecule has 0 radical (unpaired) electrons. The Morgan fingerprint density at radius 2 is 1.50 bits per heavy atom. The van der Waals surface area contributed by atoms with Gasteiger partial charge in [-0.15, -0.1) is 0 Å². The summed E-state index contributed by atoms with van der Waals surface area (Å²) in [5.74, 6) is 0. The first-order valence-electron chi connectivity index (χ1n) is 9.20. The number of hydrogen-bond acceptors (Lipinski definition) is 4. The minimum atomic E-state index is 0.0370. The van der Waals surface area contributed by atoms with E-state index in [4.69, 9.17) is 21.4 Å². The van der Waals surface area contributed by atoms with Crippen molar-refractivity contribution in [1.82, 2.24) is 9.80 Å². The second-order valence-corrected chi connectivity index (χ2v) is 7.07. The van der Waals surface area contributed by atoms with Crippen molar-refractivity contribution in [2.24, 2.45) is 0 Å². The molecule has 1 aliphatic heterocycles. The van der Waals surface area contributed by atoms with Crippen molar-refractivity contribution in [1.29, 1.82) is 0 Å². The molecule has 1 N–H and O–H groups in total. The van der Waals surface area contributed by atoms with Crippen LogP contribution in [0.25, 0.3) is 0 Å². The predicted molar refractivity (Wildman–Crippen MR) is 105 cm³/mol. The highest BCUT2D eigenvalue weighted by Gasteiger charge is 2.28. The molecule has 2 aromatic carbocycles. The number of halogens is 1. The number of hydrogen-bond donors (Lipinski definition) is 1. The molecular weight excluding hydrogens is 348 g/mol. The summed E-state index contributed by atoms with van der Waals surface area (Å²) in [4.78, 5) is 4.85. The van der Waals surface area contributed by atoms with E-state index in [1.165, 1.54) is 11.1 Å². The smallest absolute Gasteiger partial charge is 0.107 e. The summed E-state index contributed by atoms with van der Waals surface area (Å²) in [6.07, 6.45) is 0.0370. The van der Waals surface area contributed by atoms with Gasteiger partial charge >= 0.3 is 0 Å². The SMILES string of the molecule is CC(OCCO)N1CCN(C(c2ccccc2)c2ccc(Cl)cc2)CC1. The molecule has 0 saturated carbocycles. The molecule has 5 heteroatoms. The molecule has 0 bridgehead atoms. The molecule has 1 aliphatic rings. The number of aliphatic hydroxyl groups excluding tert-OH is 1. The normalized spacial score (nSPS) is 18.6. The Labute approximate surface area is 160 Å². The van der Waals surface area contributed by atoms with Crippen LogP contribution in [-0.2, 0) is 4.74 Å². The van der Waals surface area contributed by atoms with Crippen LogP contribution in [0.4, 0.5) is 0 Å². The first-order valence-corrected chi connectivity index (χ1v) is 9.58. The third-order valence-electron chi connectivity index (χ3n) is 4.98. The fourth-order valence-corrected chi connectivity index (χ4v) is 3.71. The lowest BCUT2D eigenvalue weighted by Crippen LogP contribution is -2.51. The molecule has 3 rings (SSSR count). The topological polar surface area (TPSA) is 35.9 Å². The minimum Gasteiger partial charge on any atom is -0.394 e. The number of piperazine rings is 1. The minimum absolute atomic E-state index is 0.0370. The summed E-state index contributed by atoms with van der Waals surface area (Å²) in [5.41, 5.74) is 2.56. The Bertz CT molecular complexity index is 657. The standard InChI is InChI=1S/C21H27ClN2O2/c1-17(26-16-15-25)23-11-13-24(14-12-23)21(18-5-3-2-4-6-18)19-7-9-20(22)10-8-19/h2-10,17,21,25H,11-16H2,1H3. The average molecular weight is 375 g/mol. The van der Waals surface area contributed by atoms with Crippen LogP contribution in [0.15, 0.2) is 54.6 Å². The molecule has 2 aromatic rings. The van der Waals surface area contributed by atoms with E-state index in [1.807, 2.05) is 12.1 Å². The van der Waals surface area contributed by atoms with Crippen molar-refractivity contribution in [2.75, 3.05) is 39.4 Å². The Balaban J connectivity index is 1.74. The lowest BCUT2D eigenvalue weighted by molar-refractivity contribution is -0.0756. The van der Waals surface area contributed by atoms with E-state index in [9.17, 15) is 0 Å². The van der Waals surface area contributed by atoms with Gasteiger partial charge in [-0.1, -0.05) is 54.1 Å². The Kier molecular flexibility index (Phi) is 7.06. The molecule has 4 nitrogen and oxygen atoms in total. The van der Waals surface area contributed by atoms with Crippen molar-refractivity contribution in [2.45, 2.75) is 19.2 Å². The summed E-state index contributed by atoms with van der Waals surface area (Å²) in [6.45, 7) is 6.34. The number of aliphatic hydroxyl groups is 1. The van der Waals surface area contributed by atoms with Crippen molar-refractivity contribution >= 4 is 11.6 Å². The molecule has 0 aliphatic carbocycles. The van der Waals surface area contributed by atoms with Crippen LogP contribution in [0.3, 0.4) is 0 Å². The van der Waals surface area contributed by atoms with Gasteiger partial charge in [-0.05, 0) is 30.2 Å². The van der Waals surface area contributed by atoms with Gasteiger partial charge in [0.25, 0.3) is 0 Å². The van der Waals surface area contributed by atoms with Gasteiger partial charge in [0.05, 0.1) is 19.3 Å². The molecule has 0 amide bonds. The van der Waals surface area contributed by atoms with E-state index in [0.717, 1.165) is 31.2 Å². The number of nitrogens with zero attached hydrogens (tertiary/aromatic N) is 2. The highest BCUT2D eigenvalue weighted by atomic mass is 35.5. The third-order valence-corrected chi connectivity index (χ3v) is 5.23. The maximum atomic E-state index is 8.94. The lowest BCUT2D eigenvalue weighted by Gasteiger charge is -2.41. The highest BCUT2D eigenvalue weighted by molar-refractivity contribution is 6.30. The molecule has 26 heavy (non-hydrogen) atoms. The molecule has 0 spiro atoms. The second-order valence-electron chi connectivity index (χ2n) is 6.63. The van der Waals surface area contributed by atoms with Crippen LogP contribution in [0.2, 0.25) is 5.02 Å². The molecule has 140 valence electrons. The van der Waals surface area contributed by atoms with Crippen molar-refractivity contribution < 1.29 is 9.84 Å². The fraction of sp³-hybridized carbons (Fsp3) is 0.429. The number of rotatable bonds is 7. The van der Waals surface area contributed by atoms with E-state index >= 15 is 0 Å². The zero-order valence-corrected chi connectivity index (χ0v) is 16.0. The molecule has 1 saturated heterocycles. The number of benzene rings is 2. The zero-order valence-electron chi connectivity index (χ0n) is 15.2. The summed E-state index contributed by atoms with van der Waals surface area (Å²) in [7, 11) is 0. The zero-order chi connectivity index (χ0) is 18.4. The maximum Gasteiger partial charge on any atom is 0.107 e. The first kappa shape index (κ1) is 19.3. The van der Waals surface area contributed by atoms with Crippen LogP contribution in [0.5, 0.6) is 0 Å². The van der Waals surface area contributed by atoms with Gasteiger partial charge in [-0.3, -0.25) is 9.80 Å². The fourth-order valence-electron chi connectivity index (χ4n) is 3.58. The molecule has 1 fully saturated rings. The summed E-state index contributed by atoms with van der Waals surface area (Å²) >= 11 is 6.09. The average Bonchev–Trinajstić information content (AvgIpc) is 2.69. The largest absolute Gasteiger partial charge is 0.394 e. The van der Waals surface area contributed by atoms with Gasteiger partial charge in [-0.2, -0.15) is 0 Å². The van der Waals surface area contributed by atoms with Crippen LogP contribution >= 0.6 is 11.6 Å². The summed E-state index contributed by atoms with van der Waals surface area (Å²) < 4.78 is 5.65. The van der Waals surface area contributed by atoms with Gasteiger partial charge < -0.3 is 9.84 Å². The van der Waals surface area contributed by atoms with Crippen LogP contribution in [-0.4, -0.2) is 60.5 Å². The van der Waals surface area contributed by atoms with E-state index in [0.29, 0.717) is 6.61 Å². The van der Waals surface area contributed by atoms with E-state index < -0.39 is 0 Å². The van der Waals surface area contributed by atoms with Gasteiger partial charge in [0.1, 0.15) is 6.23 Å². The summed E-state index contributed by atoms with van der Waals surface area (Å²) in [6, 6.07) is 19.0. The van der Waals surface area contributed by atoms with Crippen LogP contribution in [0, 0.1) is 0 Å². The van der Waals surface area contributed by atoms with Crippen molar-refractivity contribution in [3.05, 3.63) is 70.7 Å². The van der Waals surface area contributed by atoms with Gasteiger partial charge in [0.2, 0.25) is 0 Å². The van der Waals surface area contributed by atoms with Gasteiger partial charge in [-0.25, -0.2) is 0 Å². The first-order chi connectivity index (χ1) is 12.7. The third kappa shape index (κ3) is 4.84. The van der Waals surface area contributed by atoms with Crippen molar-refractivity contribution in [3.63, 3.8) is 0 Å². The van der Waals surface area contributed by atoms with E-state index in [2.05, 4.69) is 59.2 Å². The monoisotopic (exact) mass is 374 g/mol.